The average molecular weight is 431 g/mol. The van der Waals surface area contributed by atoms with E-state index in [4.69, 9.17) is 4.74 Å². The molecule has 140 valence electrons. The van der Waals surface area contributed by atoms with E-state index in [-0.39, 0.29) is 12.5 Å². The summed E-state index contributed by atoms with van der Waals surface area (Å²) in [5, 5.41) is 8.11. The molecule has 8 nitrogen and oxygen atoms in total. The highest BCUT2D eigenvalue weighted by atomic mass is 79.9. The van der Waals surface area contributed by atoms with Gasteiger partial charge in [0, 0.05) is 24.1 Å². The van der Waals surface area contributed by atoms with E-state index >= 15 is 0 Å². The first-order valence-corrected chi connectivity index (χ1v) is 9.50. The molecule has 4 rings (SSSR count). The van der Waals surface area contributed by atoms with E-state index in [1.165, 1.54) is 6.33 Å². The molecule has 1 aliphatic heterocycles. The van der Waals surface area contributed by atoms with Gasteiger partial charge in [0.25, 0.3) is 0 Å². The minimum atomic E-state index is -0.119. The molecule has 27 heavy (non-hydrogen) atoms. The number of nitrogens with zero attached hydrogens (tertiary/aromatic N) is 5. The highest BCUT2D eigenvalue weighted by Crippen LogP contribution is 2.23. The van der Waals surface area contributed by atoms with Crippen LogP contribution in [0.4, 0.5) is 5.82 Å². The Kier molecular flexibility index (Phi) is 5.30. The molecule has 1 fully saturated rings. The molecule has 3 aromatic rings. The summed E-state index contributed by atoms with van der Waals surface area (Å²) in [5.41, 5.74) is 1.68. The van der Waals surface area contributed by atoms with Gasteiger partial charge in [-0.15, -0.1) is 0 Å². The van der Waals surface area contributed by atoms with Gasteiger partial charge in [-0.05, 0) is 17.7 Å². The highest BCUT2D eigenvalue weighted by molar-refractivity contribution is 9.10. The Bertz CT molecular complexity index is 954. The molecule has 2 aromatic heterocycles. The lowest BCUT2D eigenvalue weighted by molar-refractivity contribution is -0.121. The molecule has 0 aliphatic carbocycles. The number of anilines is 1. The van der Waals surface area contributed by atoms with E-state index in [1.54, 1.807) is 10.9 Å². The number of benzene rings is 1. The van der Waals surface area contributed by atoms with Crippen molar-refractivity contribution in [2.24, 2.45) is 0 Å². The van der Waals surface area contributed by atoms with Gasteiger partial charge in [-0.25, -0.2) is 14.6 Å². The van der Waals surface area contributed by atoms with Crippen LogP contribution in [0.15, 0.2) is 41.3 Å². The molecule has 0 radical (unpaired) electrons. The number of hydrogen-bond acceptors (Lipinski definition) is 6. The maximum absolute atomic E-state index is 12.3. The number of amides is 1. The number of hydrogen-bond donors (Lipinski definition) is 1. The molecule has 0 atom stereocenters. The minimum Gasteiger partial charge on any atom is -0.378 e. The molecular formula is C18H19BrN6O2. The highest BCUT2D eigenvalue weighted by Gasteiger charge is 2.18. The summed E-state index contributed by atoms with van der Waals surface area (Å²) in [6, 6.07) is 7.84. The Morgan fingerprint density at radius 3 is 2.93 bits per heavy atom. The van der Waals surface area contributed by atoms with E-state index in [1.807, 2.05) is 24.3 Å². The summed E-state index contributed by atoms with van der Waals surface area (Å²) in [7, 11) is 0. The van der Waals surface area contributed by atoms with Crippen molar-refractivity contribution in [2.45, 2.75) is 13.1 Å². The van der Waals surface area contributed by atoms with Crippen molar-refractivity contribution in [1.29, 1.82) is 0 Å². The molecule has 3 heterocycles. The van der Waals surface area contributed by atoms with E-state index in [2.05, 4.69) is 41.2 Å². The quantitative estimate of drug-likeness (QED) is 0.663. The van der Waals surface area contributed by atoms with Crippen LogP contribution in [0.2, 0.25) is 0 Å². The summed E-state index contributed by atoms with van der Waals surface area (Å²) in [6.07, 6.45) is 3.24. The van der Waals surface area contributed by atoms with Crippen LogP contribution in [-0.2, 0) is 22.6 Å². The summed E-state index contributed by atoms with van der Waals surface area (Å²) in [4.78, 5) is 23.2. The smallest absolute Gasteiger partial charge is 0.242 e. The lowest BCUT2D eigenvalue weighted by Crippen LogP contribution is -2.36. The number of ether oxygens (including phenoxy) is 1. The van der Waals surface area contributed by atoms with Gasteiger partial charge in [-0.3, -0.25) is 4.79 Å². The predicted molar refractivity (Wildman–Crippen MR) is 104 cm³/mol. The third-order valence-corrected chi connectivity index (χ3v) is 4.89. The van der Waals surface area contributed by atoms with Gasteiger partial charge in [-0.2, -0.15) is 5.10 Å². The molecule has 0 spiro atoms. The first-order chi connectivity index (χ1) is 13.2. The second kappa shape index (κ2) is 8.01. The third kappa shape index (κ3) is 4.09. The van der Waals surface area contributed by atoms with Gasteiger partial charge in [0.05, 0.1) is 24.8 Å². The molecule has 1 N–H and O–H groups in total. The Morgan fingerprint density at radius 1 is 1.26 bits per heavy atom. The predicted octanol–water partition coefficient (Wildman–Crippen LogP) is 1.74. The van der Waals surface area contributed by atoms with Crippen LogP contribution in [0.5, 0.6) is 0 Å². The van der Waals surface area contributed by atoms with Crippen molar-refractivity contribution in [3.8, 4) is 0 Å². The number of aromatic nitrogens is 4. The van der Waals surface area contributed by atoms with Crippen LogP contribution in [-0.4, -0.2) is 52.0 Å². The number of nitrogens with one attached hydrogen (secondary N) is 1. The van der Waals surface area contributed by atoms with E-state index in [0.29, 0.717) is 25.4 Å². The maximum Gasteiger partial charge on any atom is 0.242 e. The van der Waals surface area contributed by atoms with Crippen molar-refractivity contribution in [2.75, 3.05) is 31.2 Å². The average Bonchev–Trinajstić information content (AvgIpc) is 3.10. The lowest BCUT2D eigenvalue weighted by Gasteiger charge is -2.27. The van der Waals surface area contributed by atoms with Crippen molar-refractivity contribution in [3.05, 3.63) is 46.8 Å². The Morgan fingerprint density at radius 2 is 2.11 bits per heavy atom. The number of fused-ring (bicyclic) bond motifs is 1. The summed E-state index contributed by atoms with van der Waals surface area (Å²) in [5.74, 6) is 0.718. The zero-order valence-electron chi connectivity index (χ0n) is 14.6. The Labute approximate surface area is 164 Å². The van der Waals surface area contributed by atoms with Gasteiger partial charge < -0.3 is 15.0 Å². The monoisotopic (exact) mass is 430 g/mol. The first kappa shape index (κ1) is 17.9. The summed E-state index contributed by atoms with van der Waals surface area (Å²) < 4.78 is 7.99. The molecule has 1 aliphatic rings. The van der Waals surface area contributed by atoms with Gasteiger partial charge in [0.2, 0.25) is 5.91 Å². The van der Waals surface area contributed by atoms with Crippen LogP contribution in [0.1, 0.15) is 5.56 Å². The molecular weight excluding hydrogens is 412 g/mol. The van der Waals surface area contributed by atoms with E-state index in [9.17, 15) is 4.79 Å². The molecule has 0 unspecified atom stereocenters. The van der Waals surface area contributed by atoms with Crippen LogP contribution < -0.4 is 10.2 Å². The molecule has 0 bridgehead atoms. The van der Waals surface area contributed by atoms with Crippen molar-refractivity contribution in [3.63, 3.8) is 0 Å². The Balaban J connectivity index is 1.46. The number of morpholine rings is 1. The van der Waals surface area contributed by atoms with Gasteiger partial charge >= 0.3 is 0 Å². The van der Waals surface area contributed by atoms with Crippen molar-refractivity contribution < 1.29 is 9.53 Å². The number of rotatable bonds is 5. The second-order valence-electron chi connectivity index (χ2n) is 6.24. The van der Waals surface area contributed by atoms with Gasteiger partial charge in [-0.1, -0.05) is 28.1 Å². The normalized spacial score (nSPS) is 14.5. The largest absolute Gasteiger partial charge is 0.378 e. The summed E-state index contributed by atoms with van der Waals surface area (Å²) in [6.45, 7) is 3.49. The van der Waals surface area contributed by atoms with Crippen molar-refractivity contribution >= 4 is 38.7 Å². The van der Waals surface area contributed by atoms with Gasteiger partial charge in [0.15, 0.2) is 5.65 Å². The van der Waals surface area contributed by atoms with Crippen LogP contribution in [0, 0.1) is 0 Å². The number of carbonyl (C=O) groups is 1. The van der Waals surface area contributed by atoms with Crippen LogP contribution in [0.25, 0.3) is 11.0 Å². The molecule has 1 aromatic carbocycles. The third-order valence-electron chi connectivity index (χ3n) is 4.40. The SMILES string of the molecule is O=C(Cn1ncc2c(N3CCOCC3)ncnc21)NCc1cccc(Br)c1. The number of halogens is 1. The van der Waals surface area contributed by atoms with Gasteiger partial charge in [0.1, 0.15) is 18.7 Å². The second-order valence-corrected chi connectivity index (χ2v) is 7.16. The molecule has 0 saturated carbocycles. The fourth-order valence-corrected chi connectivity index (χ4v) is 3.51. The fraction of sp³-hybridized carbons (Fsp3) is 0.333. The lowest BCUT2D eigenvalue weighted by atomic mass is 10.2. The molecule has 1 saturated heterocycles. The van der Waals surface area contributed by atoms with Crippen LogP contribution in [0.3, 0.4) is 0 Å². The summed E-state index contributed by atoms with van der Waals surface area (Å²) >= 11 is 3.43. The van der Waals surface area contributed by atoms with E-state index < -0.39 is 0 Å². The van der Waals surface area contributed by atoms with E-state index in [0.717, 1.165) is 34.3 Å². The standard InChI is InChI=1S/C18H19BrN6O2/c19-14-3-1-2-13(8-14)9-20-16(26)11-25-18-15(10-23-25)17(21-12-22-18)24-4-6-27-7-5-24/h1-3,8,10,12H,4-7,9,11H2,(H,20,26). The molecule has 1 amide bonds. The maximum atomic E-state index is 12.3. The topological polar surface area (TPSA) is 85.2 Å². The zero-order valence-corrected chi connectivity index (χ0v) is 16.2. The zero-order chi connectivity index (χ0) is 18.6. The van der Waals surface area contributed by atoms with Crippen LogP contribution >= 0.6 is 15.9 Å². The minimum absolute atomic E-state index is 0.108. The Hall–Kier alpha value is -2.52. The number of carbonyl (C=O) groups excluding carboxylic acids is 1. The fourth-order valence-electron chi connectivity index (χ4n) is 3.06. The first-order valence-electron chi connectivity index (χ1n) is 8.71. The van der Waals surface area contributed by atoms with Crippen molar-refractivity contribution in [1.82, 2.24) is 25.1 Å². The molecule has 9 heteroatoms.